The summed E-state index contributed by atoms with van der Waals surface area (Å²) in [5, 5.41) is 29.0. The molecule has 4 N–H and O–H groups in total. The number of ether oxygens (including phenoxy) is 3. The molecule has 71 heavy (non-hydrogen) atoms. The lowest BCUT2D eigenvalue weighted by Crippen LogP contribution is -2.57. The maximum atomic E-state index is 14.7. The molecular formula is C52H64N8O9S2. The zero-order valence-electron chi connectivity index (χ0n) is 40.6. The third-order valence-electron chi connectivity index (χ3n) is 16.4. The largest absolute Gasteiger partial charge is 0.470 e. The Morgan fingerprint density at radius 1 is 0.986 bits per heavy atom. The Balaban J connectivity index is 0.865. The number of H-pyrrole nitrogens is 1. The molecule has 1 amide bonds. The van der Waals surface area contributed by atoms with Crippen molar-refractivity contribution in [2.24, 2.45) is 11.3 Å². The third-order valence-corrected chi connectivity index (χ3v) is 18.7. The quantitative estimate of drug-likeness (QED) is 0.0683. The number of carbonyl (C=O) groups excluding carboxylic acids is 1. The van der Waals surface area contributed by atoms with Crippen LogP contribution in [-0.4, -0.2) is 116 Å². The first kappa shape index (κ1) is 48.0. The number of pyridine rings is 1. The van der Waals surface area contributed by atoms with Crippen molar-refractivity contribution in [2.75, 3.05) is 67.7 Å². The van der Waals surface area contributed by atoms with Gasteiger partial charge in [0.15, 0.2) is 0 Å². The molecule has 2 saturated carbocycles. The highest BCUT2D eigenvalue weighted by Crippen LogP contribution is 2.54. The third kappa shape index (κ3) is 9.37. The Hall–Kier alpha value is -5.31. The van der Waals surface area contributed by atoms with Crippen LogP contribution in [0.25, 0.3) is 11.0 Å². The summed E-state index contributed by atoms with van der Waals surface area (Å²) in [6.07, 6.45) is 9.22. The van der Waals surface area contributed by atoms with Crippen LogP contribution in [0, 0.1) is 21.4 Å². The van der Waals surface area contributed by atoms with E-state index >= 15 is 0 Å². The number of aromatic amines is 1. The van der Waals surface area contributed by atoms with Crippen molar-refractivity contribution < 1.29 is 37.5 Å². The van der Waals surface area contributed by atoms with E-state index in [1.54, 1.807) is 6.07 Å². The van der Waals surface area contributed by atoms with Crippen molar-refractivity contribution in [1.82, 2.24) is 19.6 Å². The molecule has 0 bridgehead atoms. The van der Waals surface area contributed by atoms with Crippen LogP contribution in [0.2, 0.25) is 0 Å². The van der Waals surface area contributed by atoms with E-state index in [-0.39, 0.29) is 40.8 Å². The monoisotopic (exact) mass is 1010 g/mol. The molecule has 0 unspecified atom stereocenters. The van der Waals surface area contributed by atoms with Crippen LogP contribution >= 0.6 is 11.3 Å². The zero-order valence-corrected chi connectivity index (χ0v) is 42.2. The van der Waals surface area contributed by atoms with E-state index in [1.165, 1.54) is 22.6 Å². The molecule has 7 heterocycles. The van der Waals surface area contributed by atoms with Crippen LogP contribution in [-0.2, 0) is 19.5 Å². The number of sulfonamides is 1. The van der Waals surface area contributed by atoms with Gasteiger partial charge < -0.3 is 39.4 Å². The SMILES string of the molecule is CC(C)c1ccsc1[C@@H]1COCCN1C1CC2(CCN(c3ccc(C(=O)NS(=O)(=O)c4ccc(NC[C@H]5CC[C@](C)(O)CC5)c([N+](=O)[O-])c4)c(N4c5cc6cc[nH]c6nc5O[C@@H]5CCOC[C@H]54)c3)CC2)C1. The van der Waals surface area contributed by atoms with E-state index < -0.39 is 37.0 Å². The van der Waals surface area contributed by atoms with Crippen molar-refractivity contribution in [3.63, 3.8) is 0 Å². The maximum Gasteiger partial charge on any atom is 0.293 e. The minimum absolute atomic E-state index is 0.102. The number of nitro groups is 1. The van der Waals surface area contributed by atoms with Gasteiger partial charge in [0.05, 0.1) is 65.2 Å². The molecule has 3 atom stereocenters. The van der Waals surface area contributed by atoms with E-state index in [0.717, 1.165) is 88.5 Å². The van der Waals surface area contributed by atoms with Gasteiger partial charge in [-0.2, -0.15) is 4.98 Å². The number of nitro benzene ring substituents is 1. The number of thiophene rings is 1. The lowest BCUT2D eigenvalue weighted by Gasteiger charge is -2.57. The summed E-state index contributed by atoms with van der Waals surface area (Å²) in [4.78, 5) is 42.6. The molecule has 2 aliphatic carbocycles. The van der Waals surface area contributed by atoms with Gasteiger partial charge in [0.2, 0.25) is 5.88 Å². The predicted octanol–water partition coefficient (Wildman–Crippen LogP) is 8.64. The summed E-state index contributed by atoms with van der Waals surface area (Å²) in [6.45, 7) is 11.7. The normalized spacial score (nSPS) is 25.9. The van der Waals surface area contributed by atoms with Crippen molar-refractivity contribution in [2.45, 2.75) is 119 Å². The molecule has 3 aromatic heterocycles. The lowest BCUT2D eigenvalue weighted by atomic mass is 9.59. The standard InChI is InChI=1S/C52H64N8O9S2/c1-32(2)38-12-23-70-47(38)45-31-68-22-20-58(45)36-27-52(28-36)15-18-57(19-16-52)35-4-6-39(41(25-35)59-43-24-34-10-17-53-48(34)55-50(43)69-46-11-21-67-30-44(46)59)49(61)56-71(65,66)37-5-7-40(42(26-37)60(63)64)54-29-33-8-13-51(3,62)14-9-33/h4-7,10,12,17,23-26,32-33,36,44-46,54,62H,8-9,11,13-16,18-22,27-31H2,1-3H3,(H,53,55)(H,56,61)/t33-,44-,45+,46-,51-/m1/s1. The van der Waals surface area contributed by atoms with Crippen molar-refractivity contribution in [1.29, 1.82) is 0 Å². The Labute approximate surface area is 418 Å². The fraction of sp³-hybridized carbons (Fsp3) is 0.538. The molecule has 11 rings (SSSR count). The second-order valence-electron chi connectivity index (χ2n) is 21.4. The van der Waals surface area contributed by atoms with Crippen LogP contribution < -0.4 is 24.6 Å². The number of nitrogens with zero attached hydrogens (tertiary/aromatic N) is 5. The number of amides is 1. The second-order valence-corrected chi connectivity index (χ2v) is 24.0. The highest BCUT2D eigenvalue weighted by molar-refractivity contribution is 7.90. The number of aliphatic hydroxyl groups is 1. The first-order valence-corrected chi connectivity index (χ1v) is 27.6. The number of benzene rings is 2. The summed E-state index contributed by atoms with van der Waals surface area (Å²) in [5.74, 6) is 0.171. The Bertz CT molecular complexity index is 2910. The van der Waals surface area contributed by atoms with Gasteiger partial charge in [-0.05, 0) is 135 Å². The molecule has 1 spiro atoms. The first-order chi connectivity index (χ1) is 34.1. The number of anilines is 4. The smallest absolute Gasteiger partial charge is 0.293 e. The highest BCUT2D eigenvalue weighted by atomic mass is 32.2. The summed E-state index contributed by atoms with van der Waals surface area (Å²) in [5.41, 5.74) is 3.48. The number of morpholine rings is 1. The number of hydrogen-bond acceptors (Lipinski definition) is 15. The number of hydrogen-bond donors (Lipinski definition) is 4. The first-order valence-electron chi connectivity index (χ1n) is 25.3. The van der Waals surface area contributed by atoms with E-state index in [0.29, 0.717) is 73.9 Å². The number of aromatic nitrogens is 2. The topological polar surface area (TPSA) is 205 Å². The summed E-state index contributed by atoms with van der Waals surface area (Å²) < 4.78 is 49.3. The van der Waals surface area contributed by atoms with E-state index in [1.807, 2.05) is 53.6 Å². The Morgan fingerprint density at radius 3 is 2.55 bits per heavy atom. The van der Waals surface area contributed by atoms with E-state index in [2.05, 4.69) is 50.1 Å². The molecule has 19 heteroatoms. The minimum atomic E-state index is -4.62. The van der Waals surface area contributed by atoms with Gasteiger partial charge in [-0.1, -0.05) is 13.8 Å². The molecule has 378 valence electrons. The second kappa shape index (κ2) is 18.9. The summed E-state index contributed by atoms with van der Waals surface area (Å²) in [6, 6.07) is 15.8. The summed E-state index contributed by atoms with van der Waals surface area (Å²) in [7, 11) is -4.62. The molecule has 5 fully saturated rings. The van der Waals surface area contributed by atoms with Gasteiger partial charge in [-0.3, -0.25) is 19.8 Å². The highest BCUT2D eigenvalue weighted by Gasteiger charge is 2.50. The molecule has 0 radical (unpaired) electrons. The van der Waals surface area contributed by atoms with E-state index in [4.69, 9.17) is 19.2 Å². The molecule has 17 nitrogen and oxygen atoms in total. The fourth-order valence-electron chi connectivity index (χ4n) is 12.2. The van der Waals surface area contributed by atoms with Gasteiger partial charge in [0, 0.05) is 66.9 Å². The summed E-state index contributed by atoms with van der Waals surface area (Å²) >= 11 is 1.86. The van der Waals surface area contributed by atoms with Crippen LogP contribution in [0.4, 0.5) is 28.4 Å². The van der Waals surface area contributed by atoms with Crippen LogP contribution in [0.1, 0.15) is 111 Å². The Morgan fingerprint density at radius 2 is 1.77 bits per heavy atom. The molecule has 5 aromatic rings. The number of piperidine rings is 1. The van der Waals surface area contributed by atoms with Gasteiger partial charge in [-0.25, -0.2) is 13.1 Å². The number of carbonyl (C=O) groups is 1. The van der Waals surface area contributed by atoms with Crippen molar-refractivity contribution in [3.8, 4) is 5.88 Å². The van der Waals surface area contributed by atoms with Crippen molar-refractivity contribution >= 4 is 66.7 Å². The molecule has 6 aliphatic rings. The van der Waals surface area contributed by atoms with E-state index in [9.17, 15) is 28.4 Å². The minimum Gasteiger partial charge on any atom is -0.470 e. The Kier molecular flexibility index (Phi) is 12.8. The molecule has 4 aliphatic heterocycles. The van der Waals surface area contributed by atoms with Crippen LogP contribution in [0.3, 0.4) is 0 Å². The number of fused-ring (bicyclic) bond motifs is 3. The maximum absolute atomic E-state index is 14.7. The average molecular weight is 1010 g/mol. The average Bonchev–Trinajstić information content (AvgIpc) is 4.04. The van der Waals surface area contributed by atoms with Gasteiger partial charge in [-0.15, -0.1) is 11.3 Å². The van der Waals surface area contributed by atoms with Crippen molar-refractivity contribution in [3.05, 3.63) is 92.3 Å². The molecular weight excluding hydrogens is 945 g/mol. The lowest BCUT2D eigenvalue weighted by molar-refractivity contribution is -0.384. The molecule has 3 saturated heterocycles. The predicted molar refractivity (Wildman–Crippen MR) is 273 cm³/mol. The van der Waals surface area contributed by atoms with Crippen LogP contribution in [0.15, 0.2) is 71.1 Å². The fourth-order valence-corrected chi connectivity index (χ4v) is 14.3. The van der Waals surface area contributed by atoms with Gasteiger partial charge >= 0.3 is 0 Å². The molecule has 2 aromatic carbocycles. The zero-order chi connectivity index (χ0) is 49.2. The number of nitrogens with one attached hydrogen (secondary N) is 3. The van der Waals surface area contributed by atoms with Gasteiger partial charge in [0.25, 0.3) is 21.6 Å². The number of rotatable bonds is 12. The van der Waals surface area contributed by atoms with Gasteiger partial charge in [0.1, 0.15) is 23.1 Å². The van der Waals surface area contributed by atoms with Crippen LogP contribution in [0.5, 0.6) is 5.88 Å².